The number of hydrogen-bond donors (Lipinski definition) is 1. The smallest absolute Gasteiger partial charge is 0.128 e. The minimum atomic E-state index is -0.150. The van der Waals surface area contributed by atoms with E-state index in [2.05, 4.69) is 30.7 Å². The van der Waals surface area contributed by atoms with Gasteiger partial charge >= 0.3 is 0 Å². The van der Waals surface area contributed by atoms with E-state index < -0.39 is 0 Å². The van der Waals surface area contributed by atoms with Crippen molar-refractivity contribution in [3.8, 4) is 0 Å². The largest absolute Gasteiger partial charge is 0.329 e. The number of halogens is 1. The molecule has 0 radical (unpaired) electrons. The number of nitrogens with zero attached hydrogens (tertiary/aromatic N) is 2. The molecule has 1 atom stereocenters. The van der Waals surface area contributed by atoms with E-state index in [-0.39, 0.29) is 17.4 Å². The molecule has 4 heteroatoms. The molecule has 0 aliphatic carbocycles. The Morgan fingerprint density at radius 1 is 1.35 bits per heavy atom. The van der Waals surface area contributed by atoms with Crippen LogP contribution in [0.5, 0.6) is 0 Å². The molecule has 1 aliphatic heterocycles. The van der Waals surface area contributed by atoms with E-state index >= 15 is 0 Å². The van der Waals surface area contributed by atoms with Crippen molar-refractivity contribution in [1.82, 2.24) is 9.80 Å². The molecule has 2 N–H and O–H groups in total. The van der Waals surface area contributed by atoms with Crippen LogP contribution in [0.3, 0.4) is 0 Å². The first-order chi connectivity index (χ1) is 9.35. The zero-order valence-electron chi connectivity index (χ0n) is 13.0. The van der Waals surface area contributed by atoms with Gasteiger partial charge in [-0.05, 0) is 33.9 Å². The highest BCUT2D eigenvalue weighted by atomic mass is 19.1. The Balaban J connectivity index is 2.26. The van der Waals surface area contributed by atoms with Crippen LogP contribution < -0.4 is 5.73 Å². The fraction of sp³-hybridized carbons (Fsp3) is 0.625. The number of likely N-dealkylation sites (N-methyl/N-ethyl adjacent to an activating group) is 1. The fourth-order valence-corrected chi connectivity index (χ4v) is 2.94. The van der Waals surface area contributed by atoms with Crippen LogP contribution in [0, 0.1) is 12.7 Å². The number of nitrogens with two attached hydrogens (primary N) is 1. The predicted octanol–water partition coefficient (Wildman–Crippen LogP) is 2.16. The predicted molar refractivity (Wildman–Crippen MR) is 81.2 cm³/mol. The van der Waals surface area contributed by atoms with Gasteiger partial charge in [-0.2, -0.15) is 0 Å². The van der Waals surface area contributed by atoms with Crippen molar-refractivity contribution in [3.05, 3.63) is 35.1 Å². The molecule has 0 amide bonds. The van der Waals surface area contributed by atoms with Crippen molar-refractivity contribution < 1.29 is 4.39 Å². The molecule has 1 aromatic rings. The summed E-state index contributed by atoms with van der Waals surface area (Å²) in [4.78, 5) is 4.67. The van der Waals surface area contributed by atoms with Gasteiger partial charge in [-0.15, -0.1) is 0 Å². The van der Waals surface area contributed by atoms with Gasteiger partial charge in [0.2, 0.25) is 0 Å². The van der Waals surface area contributed by atoms with Crippen molar-refractivity contribution in [3.63, 3.8) is 0 Å². The van der Waals surface area contributed by atoms with E-state index in [1.807, 2.05) is 13.0 Å². The second-order valence-corrected chi connectivity index (χ2v) is 6.48. The lowest BCUT2D eigenvalue weighted by Gasteiger charge is -2.48. The number of rotatable bonds is 3. The third-order valence-corrected chi connectivity index (χ3v) is 4.52. The average molecular weight is 279 g/mol. The van der Waals surface area contributed by atoms with Crippen molar-refractivity contribution in [2.24, 2.45) is 5.73 Å². The Morgan fingerprint density at radius 2 is 2.05 bits per heavy atom. The lowest BCUT2D eigenvalue weighted by atomic mass is 9.95. The van der Waals surface area contributed by atoms with Gasteiger partial charge in [-0.25, -0.2) is 4.39 Å². The van der Waals surface area contributed by atoms with Crippen LogP contribution in [-0.2, 0) is 0 Å². The molecule has 1 aliphatic rings. The molecule has 1 saturated heterocycles. The van der Waals surface area contributed by atoms with E-state index in [9.17, 15) is 4.39 Å². The summed E-state index contributed by atoms with van der Waals surface area (Å²) in [5, 5.41) is 0. The van der Waals surface area contributed by atoms with Crippen LogP contribution in [0.15, 0.2) is 18.2 Å². The molecule has 0 spiro atoms. The Bertz CT molecular complexity index is 473. The summed E-state index contributed by atoms with van der Waals surface area (Å²) in [5.74, 6) is -0.150. The van der Waals surface area contributed by atoms with Crippen LogP contribution in [0.25, 0.3) is 0 Å². The van der Waals surface area contributed by atoms with Gasteiger partial charge in [0.05, 0.1) is 6.04 Å². The Labute approximate surface area is 121 Å². The van der Waals surface area contributed by atoms with Gasteiger partial charge in [0.1, 0.15) is 5.82 Å². The monoisotopic (exact) mass is 279 g/mol. The Hall–Kier alpha value is -0.970. The van der Waals surface area contributed by atoms with Gasteiger partial charge in [-0.1, -0.05) is 17.7 Å². The summed E-state index contributed by atoms with van der Waals surface area (Å²) >= 11 is 0. The fourth-order valence-electron chi connectivity index (χ4n) is 2.94. The number of piperazine rings is 1. The SMILES string of the molecule is Cc1ccc(F)c(C(CN)N2CCN(C)C(C)(C)C2)c1. The maximum Gasteiger partial charge on any atom is 0.128 e. The second kappa shape index (κ2) is 5.80. The van der Waals surface area contributed by atoms with E-state index in [0.717, 1.165) is 30.8 Å². The van der Waals surface area contributed by atoms with Crippen LogP contribution in [0.1, 0.15) is 31.0 Å². The van der Waals surface area contributed by atoms with Gasteiger partial charge in [0, 0.05) is 37.3 Å². The third-order valence-electron chi connectivity index (χ3n) is 4.52. The molecule has 1 aromatic carbocycles. The number of benzene rings is 1. The average Bonchev–Trinajstić information content (AvgIpc) is 2.38. The highest BCUT2D eigenvalue weighted by molar-refractivity contribution is 5.27. The van der Waals surface area contributed by atoms with Crippen molar-refractivity contribution >= 4 is 0 Å². The van der Waals surface area contributed by atoms with Crippen molar-refractivity contribution in [1.29, 1.82) is 0 Å². The van der Waals surface area contributed by atoms with Gasteiger partial charge in [0.25, 0.3) is 0 Å². The minimum absolute atomic E-state index is 0.0390. The van der Waals surface area contributed by atoms with E-state index in [0.29, 0.717) is 6.54 Å². The molecule has 1 fully saturated rings. The molecule has 0 saturated carbocycles. The molecule has 3 nitrogen and oxygen atoms in total. The zero-order valence-corrected chi connectivity index (χ0v) is 13.0. The van der Waals surface area contributed by atoms with E-state index in [1.165, 1.54) is 0 Å². The number of hydrogen-bond acceptors (Lipinski definition) is 3. The quantitative estimate of drug-likeness (QED) is 0.920. The van der Waals surface area contributed by atoms with Crippen LogP contribution >= 0.6 is 0 Å². The van der Waals surface area contributed by atoms with Crippen LogP contribution in [0.2, 0.25) is 0 Å². The maximum absolute atomic E-state index is 14.1. The van der Waals surface area contributed by atoms with Gasteiger partial charge < -0.3 is 5.73 Å². The van der Waals surface area contributed by atoms with Crippen molar-refractivity contribution in [2.45, 2.75) is 32.4 Å². The summed E-state index contributed by atoms with van der Waals surface area (Å²) in [6.07, 6.45) is 0. The first kappa shape index (κ1) is 15.4. The lowest BCUT2D eigenvalue weighted by molar-refractivity contribution is 0.0173. The molecular weight excluding hydrogens is 253 g/mol. The molecule has 20 heavy (non-hydrogen) atoms. The molecular formula is C16H26FN3. The summed E-state index contributed by atoms with van der Waals surface area (Å²) in [6.45, 7) is 9.69. The lowest BCUT2D eigenvalue weighted by Crippen LogP contribution is -2.58. The van der Waals surface area contributed by atoms with Crippen molar-refractivity contribution in [2.75, 3.05) is 33.2 Å². The summed E-state index contributed by atoms with van der Waals surface area (Å²) in [7, 11) is 2.14. The first-order valence-corrected chi connectivity index (χ1v) is 7.26. The maximum atomic E-state index is 14.1. The Kier molecular flexibility index (Phi) is 4.47. The summed E-state index contributed by atoms with van der Waals surface area (Å²) in [6, 6.07) is 5.25. The van der Waals surface area contributed by atoms with E-state index in [4.69, 9.17) is 5.73 Å². The van der Waals surface area contributed by atoms with Gasteiger partial charge in [-0.3, -0.25) is 9.80 Å². The zero-order chi connectivity index (χ0) is 14.9. The molecule has 0 bridgehead atoms. The highest BCUT2D eigenvalue weighted by Crippen LogP contribution is 2.29. The second-order valence-electron chi connectivity index (χ2n) is 6.48. The summed E-state index contributed by atoms with van der Waals surface area (Å²) in [5.41, 5.74) is 7.85. The number of aryl methyl sites for hydroxylation is 1. The van der Waals surface area contributed by atoms with Gasteiger partial charge in [0.15, 0.2) is 0 Å². The highest BCUT2D eigenvalue weighted by Gasteiger charge is 2.34. The molecule has 2 rings (SSSR count). The minimum Gasteiger partial charge on any atom is -0.329 e. The van der Waals surface area contributed by atoms with Crippen LogP contribution in [-0.4, -0.2) is 48.6 Å². The van der Waals surface area contributed by atoms with Crippen LogP contribution in [0.4, 0.5) is 4.39 Å². The molecule has 1 heterocycles. The molecule has 1 unspecified atom stereocenters. The standard InChI is InChI=1S/C16H26FN3/c1-12-5-6-14(17)13(9-12)15(10-18)20-8-7-19(4)16(2,3)11-20/h5-6,9,15H,7-8,10-11,18H2,1-4H3. The first-order valence-electron chi connectivity index (χ1n) is 7.26. The topological polar surface area (TPSA) is 32.5 Å². The summed E-state index contributed by atoms with van der Waals surface area (Å²) < 4.78 is 14.1. The van der Waals surface area contributed by atoms with E-state index in [1.54, 1.807) is 12.1 Å². The molecule has 0 aromatic heterocycles. The third kappa shape index (κ3) is 3.03. The molecule has 112 valence electrons. The Morgan fingerprint density at radius 3 is 2.65 bits per heavy atom. The normalized spacial score (nSPS) is 21.9.